The Morgan fingerprint density at radius 1 is 1.22 bits per heavy atom. The molecule has 0 unspecified atom stereocenters. The third-order valence-corrected chi connectivity index (χ3v) is 3.89. The van der Waals surface area contributed by atoms with Crippen LogP contribution >= 0.6 is 0 Å². The van der Waals surface area contributed by atoms with Crippen molar-refractivity contribution in [2.24, 2.45) is 5.73 Å². The van der Waals surface area contributed by atoms with Crippen molar-refractivity contribution in [3.05, 3.63) is 58.1 Å². The number of anilines is 2. The van der Waals surface area contributed by atoms with Gasteiger partial charge in [-0.05, 0) is 43.3 Å². The molecule has 0 bridgehead atoms. The second kappa shape index (κ2) is 8.65. The Morgan fingerprint density at radius 2 is 1.89 bits per heavy atom. The first-order valence-corrected chi connectivity index (χ1v) is 8.12. The van der Waals surface area contributed by atoms with Crippen LogP contribution in [0.15, 0.2) is 42.5 Å². The molecular formula is C18H20N4O5. The van der Waals surface area contributed by atoms with E-state index in [1.54, 1.807) is 43.2 Å². The molecule has 0 aliphatic carbocycles. The molecule has 0 spiro atoms. The van der Waals surface area contributed by atoms with Crippen LogP contribution in [0, 0.1) is 10.1 Å². The third-order valence-electron chi connectivity index (χ3n) is 3.89. The van der Waals surface area contributed by atoms with Crippen LogP contribution in [0.1, 0.15) is 17.3 Å². The summed E-state index contributed by atoms with van der Waals surface area (Å²) in [6.45, 7) is 2.03. The average molecular weight is 372 g/mol. The molecule has 27 heavy (non-hydrogen) atoms. The van der Waals surface area contributed by atoms with Gasteiger partial charge in [0.15, 0.2) is 0 Å². The predicted molar refractivity (Wildman–Crippen MR) is 101 cm³/mol. The highest BCUT2D eigenvalue weighted by atomic mass is 16.6. The molecule has 3 N–H and O–H groups in total. The van der Waals surface area contributed by atoms with Gasteiger partial charge in [0.25, 0.3) is 5.69 Å². The summed E-state index contributed by atoms with van der Waals surface area (Å²) in [6, 6.07) is 10.7. The number of rotatable bonds is 8. The van der Waals surface area contributed by atoms with E-state index in [1.807, 2.05) is 0 Å². The van der Waals surface area contributed by atoms with Crippen molar-refractivity contribution in [2.75, 3.05) is 30.4 Å². The van der Waals surface area contributed by atoms with E-state index in [-0.39, 0.29) is 29.4 Å². The molecule has 0 aromatic heterocycles. The van der Waals surface area contributed by atoms with E-state index in [2.05, 4.69) is 5.32 Å². The van der Waals surface area contributed by atoms with E-state index in [1.165, 1.54) is 12.1 Å². The second-order valence-electron chi connectivity index (χ2n) is 5.62. The SMILES string of the molecule is CCN(CC(=O)Nc1ccc(OC)cc1)c1ccc(C(N)=O)cc1[N+](=O)[O-]. The predicted octanol–water partition coefficient (Wildman–Crippen LogP) is 2.17. The fraction of sp³-hybridized carbons (Fsp3) is 0.222. The molecule has 142 valence electrons. The first kappa shape index (κ1) is 19.7. The van der Waals surface area contributed by atoms with Crippen molar-refractivity contribution in [3.8, 4) is 5.75 Å². The molecule has 9 heteroatoms. The van der Waals surface area contributed by atoms with Crippen LogP contribution in [-0.2, 0) is 4.79 Å². The van der Waals surface area contributed by atoms with Crippen LogP contribution in [0.2, 0.25) is 0 Å². The molecule has 2 aromatic carbocycles. The summed E-state index contributed by atoms with van der Waals surface area (Å²) in [5, 5.41) is 14.1. The van der Waals surface area contributed by atoms with E-state index < -0.39 is 10.8 Å². The first-order chi connectivity index (χ1) is 12.8. The molecule has 0 radical (unpaired) electrons. The van der Waals surface area contributed by atoms with Gasteiger partial charge >= 0.3 is 0 Å². The number of methoxy groups -OCH3 is 1. The van der Waals surface area contributed by atoms with Gasteiger partial charge in [0.2, 0.25) is 11.8 Å². The van der Waals surface area contributed by atoms with Gasteiger partial charge in [0.1, 0.15) is 11.4 Å². The van der Waals surface area contributed by atoms with Crippen molar-refractivity contribution in [1.29, 1.82) is 0 Å². The standard InChI is InChI=1S/C18H20N4O5/c1-3-21(11-17(23)20-13-5-7-14(27-2)8-6-13)15-9-4-12(18(19)24)10-16(15)22(25)26/h4-10H,3,11H2,1-2H3,(H2,19,24)(H,20,23). The first-order valence-electron chi connectivity index (χ1n) is 8.12. The number of nitrogens with one attached hydrogen (secondary N) is 1. The number of likely N-dealkylation sites (N-methyl/N-ethyl adjacent to an activating group) is 1. The normalized spacial score (nSPS) is 10.1. The van der Waals surface area contributed by atoms with Crippen LogP contribution in [0.5, 0.6) is 5.75 Å². The number of nitrogens with two attached hydrogens (primary N) is 1. The highest BCUT2D eigenvalue weighted by Crippen LogP contribution is 2.29. The monoisotopic (exact) mass is 372 g/mol. The number of carbonyl (C=O) groups is 2. The maximum absolute atomic E-state index is 12.3. The van der Waals surface area contributed by atoms with E-state index in [4.69, 9.17) is 10.5 Å². The number of nitro groups is 1. The number of nitrogens with zero attached hydrogens (tertiary/aromatic N) is 2. The molecule has 0 heterocycles. The smallest absolute Gasteiger partial charge is 0.293 e. The maximum atomic E-state index is 12.3. The van der Waals surface area contributed by atoms with Gasteiger partial charge in [0.05, 0.1) is 18.6 Å². The fourth-order valence-electron chi connectivity index (χ4n) is 2.51. The van der Waals surface area contributed by atoms with Gasteiger partial charge in [-0.2, -0.15) is 0 Å². The number of carbonyl (C=O) groups excluding carboxylic acids is 2. The van der Waals surface area contributed by atoms with Crippen LogP contribution in [0.25, 0.3) is 0 Å². The van der Waals surface area contributed by atoms with Crippen molar-refractivity contribution in [2.45, 2.75) is 6.92 Å². The van der Waals surface area contributed by atoms with Gasteiger partial charge in [0, 0.05) is 23.9 Å². The Hall–Kier alpha value is -3.62. The molecule has 2 rings (SSSR count). The molecule has 0 aliphatic heterocycles. The summed E-state index contributed by atoms with van der Waals surface area (Å²) in [6.07, 6.45) is 0. The lowest BCUT2D eigenvalue weighted by Crippen LogP contribution is -2.33. The zero-order chi connectivity index (χ0) is 20.0. The molecule has 0 saturated carbocycles. The Kier molecular flexibility index (Phi) is 6.32. The number of hydrogen-bond donors (Lipinski definition) is 2. The quantitative estimate of drug-likeness (QED) is 0.540. The van der Waals surface area contributed by atoms with Gasteiger partial charge in [-0.1, -0.05) is 0 Å². The van der Waals surface area contributed by atoms with Gasteiger partial charge in [-0.25, -0.2) is 0 Å². The largest absolute Gasteiger partial charge is 0.497 e. The third kappa shape index (κ3) is 4.94. The van der Waals surface area contributed by atoms with Crippen molar-refractivity contribution in [1.82, 2.24) is 0 Å². The van der Waals surface area contributed by atoms with Crippen LogP contribution in [-0.4, -0.2) is 36.9 Å². The highest BCUT2D eigenvalue weighted by molar-refractivity contribution is 5.96. The van der Waals surface area contributed by atoms with Crippen molar-refractivity contribution < 1.29 is 19.2 Å². The molecule has 0 saturated heterocycles. The lowest BCUT2D eigenvalue weighted by molar-refractivity contribution is -0.384. The number of primary amides is 1. The minimum atomic E-state index is -0.759. The van der Waals surface area contributed by atoms with Gasteiger partial charge in [-0.3, -0.25) is 19.7 Å². The summed E-state index contributed by atoms with van der Waals surface area (Å²) in [5.74, 6) is -0.436. The number of amides is 2. The van der Waals surface area contributed by atoms with E-state index in [0.29, 0.717) is 18.0 Å². The van der Waals surface area contributed by atoms with E-state index >= 15 is 0 Å². The van der Waals surface area contributed by atoms with E-state index in [0.717, 1.165) is 6.07 Å². The topological polar surface area (TPSA) is 128 Å². The number of benzene rings is 2. The summed E-state index contributed by atoms with van der Waals surface area (Å²) in [7, 11) is 1.54. The van der Waals surface area contributed by atoms with Gasteiger partial charge < -0.3 is 20.7 Å². The molecular weight excluding hydrogens is 352 g/mol. The lowest BCUT2D eigenvalue weighted by Gasteiger charge is -2.22. The number of ether oxygens (including phenoxy) is 1. The minimum absolute atomic E-state index is 0.0317. The highest BCUT2D eigenvalue weighted by Gasteiger charge is 2.22. The minimum Gasteiger partial charge on any atom is -0.497 e. The lowest BCUT2D eigenvalue weighted by atomic mass is 10.1. The molecule has 0 aliphatic rings. The Morgan fingerprint density at radius 3 is 2.41 bits per heavy atom. The van der Waals surface area contributed by atoms with Crippen LogP contribution < -0.4 is 20.7 Å². The molecule has 0 atom stereocenters. The molecule has 2 aromatic rings. The summed E-state index contributed by atoms with van der Waals surface area (Å²) < 4.78 is 5.06. The van der Waals surface area contributed by atoms with E-state index in [9.17, 15) is 19.7 Å². The average Bonchev–Trinajstić information content (AvgIpc) is 2.66. The van der Waals surface area contributed by atoms with Crippen LogP contribution in [0.3, 0.4) is 0 Å². The zero-order valence-corrected chi connectivity index (χ0v) is 15.0. The second-order valence-corrected chi connectivity index (χ2v) is 5.62. The summed E-state index contributed by atoms with van der Waals surface area (Å²) in [4.78, 5) is 35.9. The van der Waals surface area contributed by atoms with Crippen molar-refractivity contribution in [3.63, 3.8) is 0 Å². The molecule has 0 fully saturated rings. The van der Waals surface area contributed by atoms with Gasteiger partial charge in [-0.15, -0.1) is 0 Å². The molecule has 2 amide bonds. The Bertz CT molecular complexity index is 851. The maximum Gasteiger partial charge on any atom is 0.293 e. The molecule has 9 nitrogen and oxygen atoms in total. The summed E-state index contributed by atoms with van der Waals surface area (Å²) in [5.41, 5.74) is 5.74. The fourth-order valence-corrected chi connectivity index (χ4v) is 2.51. The summed E-state index contributed by atoms with van der Waals surface area (Å²) >= 11 is 0. The number of nitro benzene ring substituents is 1. The Labute approximate surface area is 155 Å². The number of hydrogen-bond acceptors (Lipinski definition) is 6. The van der Waals surface area contributed by atoms with Crippen LogP contribution in [0.4, 0.5) is 17.1 Å². The Balaban J connectivity index is 2.19. The van der Waals surface area contributed by atoms with Crippen molar-refractivity contribution >= 4 is 28.9 Å². The zero-order valence-electron chi connectivity index (χ0n) is 15.0.